The van der Waals surface area contributed by atoms with E-state index in [9.17, 15) is 0 Å². The first kappa shape index (κ1) is 10.8. The molecule has 2 rings (SSSR count). The Balaban J connectivity index is 0.000000845. The van der Waals surface area contributed by atoms with Crippen LogP contribution in [0.4, 0.5) is 0 Å². The number of aromatic nitrogens is 1. The number of hydrogen-bond acceptors (Lipinski definition) is 2. The van der Waals surface area contributed by atoms with Crippen molar-refractivity contribution < 1.29 is 24.5 Å². The van der Waals surface area contributed by atoms with Gasteiger partial charge in [0.1, 0.15) is 6.26 Å². The Labute approximate surface area is 93.1 Å². The number of rotatable bonds is 1. The minimum absolute atomic E-state index is 0. The Bertz CT molecular complexity index is 307. The van der Waals surface area contributed by atoms with Crippen LogP contribution >= 0.6 is 9.24 Å². The molecule has 3 unspecified atom stereocenters. The van der Waals surface area contributed by atoms with E-state index in [0.717, 1.165) is 5.89 Å². The molecule has 0 spiro atoms. The zero-order valence-corrected chi connectivity index (χ0v) is 10.4. The summed E-state index contributed by atoms with van der Waals surface area (Å²) in [4.78, 5) is 4.13. The summed E-state index contributed by atoms with van der Waals surface area (Å²) >= 11 is 0. The summed E-state index contributed by atoms with van der Waals surface area (Å²) in [5, 5.41) is 0. The molecule has 3 atom stereocenters. The van der Waals surface area contributed by atoms with Gasteiger partial charge in [-0.15, -0.1) is 9.24 Å². The Hall–Kier alpha value is -0.231. The predicted octanol–water partition coefficient (Wildman–Crippen LogP) is 2.13. The predicted molar refractivity (Wildman–Crippen MR) is 51.0 cm³/mol. The molecule has 1 aromatic heterocycles. The third-order valence-corrected chi connectivity index (χ3v) is 2.55. The topological polar surface area (TPSA) is 26.0 Å². The Kier molecular flexibility index (Phi) is 4.05. The fourth-order valence-corrected chi connectivity index (χ4v) is 1.69. The van der Waals surface area contributed by atoms with Crippen LogP contribution in [0.1, 0.15) is 11.8 Å². The molecular formula is C9H10IrNOP. The van der Waals surface area contributed by atoms with Crippen LogP contribution < -0.4 is 0 Å². The number of oxazole rings is 1. The van der Waals surface area contributed by atoms with Gasteiger partial charge in [-0.05, 0) is 0 Å². The van der Waals surface area contributed by atoms with Crippen LogP contribution in [0.5, 0.6) is 0 Å². The van der Waals surface area contributed by atoms with Crippen LogP contribution in [-0.4, -0.2) is 10.6 Å². The van der Waals surface area contributed by atoms with E-state index < -0.39 is 0 Å². The summed E-state index contributed by atoms with van der Waals surface area (Å²) in [7, 11) is 2.77. The summed E-state index contributed by atoms with van der Waals surface area (Å²) in [5.41, 5.74) is 0.397. The van der Waals surface area contributed by atoms with Gasteiger partial charge in [0.15, 0.2) is 0 Å². The zero-order chi connectivity index (χ0) is 8.39. The molecule has 0 saturated heterocycles. The first-order valence-corrected chi connectivity index (χ1v) is 4.54. The van der Waals surface area contributed by atoms with E-state index in [0.29, 0.717) is 5.66 Å². The normalized spacial score (nSPS) is 25.6. The molecule has 0 N–H and O–H groups in total. The molecule has 1 heterocycles. The van der Waals surface area contributed by atoms with Crippen molar-refractivity contribution in [3.8, 4) is 0 Å². The van der Waals surface area contributed by atoms with Gasteiger partial charge in [0.05, 0.1) is 12.1 Å². The van der Waals surface area contributed by atoms with Gasteiger partial charge >= 0.3 is 0 Å². The van der Waals surface area contributed by atoms with Crippen molar-refractivity contribution >= 4 is 9.24 Å². The summed E-state index contributed by atoms with van der Waals surface area (Å²) in [5.74, 6) is 1.06. The quantitative estimate of drug-likeness (QED) is 0.707. The van der Waals surface area contributed by atoms with Gasteiger partial charge in [0.25, 0.3) is 0 Å². The fraction of sp³-hybridized carbons (Fsp3) is 0.222. The molecule has 1 radical (unpaired) electrons. The smallest absolute Gasteiger partial charge is 0.201 e. The van der Waals surface area contributed by atoms with Crippen molar-refractivity contribution in [1.29, 1.82) is 0 Å². The molecular weight excluding hydrogens is 361 g/mol. The Morgan fingerprint density at radius 3 is 2.69 bits per heavy atom. The molecule has 0 amide bonds. The second-order valence-corrected chi connectivity index (χ2v) is 3.51. The van der Waals surface area contributed by atoms with Gasteiger partial charge in [0, 0.05) is 25.8 Å². The standard InChI is InChI=1S/C9H10NOP.Ir/c12-8-4-2-1-3-7(8)9-10-5-6-11-9;/h1-8H,12H2;. The van der Waals surface area contributed by atoms with E-state index in [1.165, 1.54) is 0 Å². The van der Waals surface area contributed by atoms with Gasteiger partial charge in [-0.1, -0.05) is 24.3 Å². The van der Waals surface area contributed by atoms with Crippen molar-refractivity contribution in [3.05, 3.63) is 42.7 Å². The largest absolute Gasteiger partial charge is 0.448 e. The van der Waals surface area contributed by atoms with Crippen LogP contribution in [0, 0.1) is 0 Å². The van der Waals surface area contributed by atoms with Crippen molar-refractivity contribution in [2.75, 3.05) is 0 Å². The first-order chi connectivity index (χ1) is 5.88. The van der Waals surface area contributed by atoms with Gasteiger partial charge in [-0.25, -0.2) is 4.98 Å². The van der Waals surface area contributed by atoms with Crippen molar-refractivity contribution in [2.45, 2.75) is 11.6 Å². The van der Waals surface area contributed by atoms with E-state index in [4.69, 9.17) is 4.42 Å². The third-order valence-electron chi connectivity index (χ3n) is 1.91. The van der Waals surface area contributed by atoms with Crippen LogP contribution in [0.2, 0.25) is 0 Å². The van der Waals surface area contributed by atoms with Crippen molar-refractivity contribution in [1.82, 2.24) is 4.98 Å². The van der Waals surface area contributed by atoms with E-state index in [1.54, 1.807) is 12.5 Å². The zero-order valence-electron chi connectivity index (χ0n) is 6.88. The average molecular weight is 371 g/mol. The molecule has 0 fully saturated rings. The summed E-state index contributed by atoms with van der Waals surface area (Å²) in [6.07, 6.45) is 11.6. The summed E-state index contributed by atoms with van der Waals surface area (Å²) in [6, 6.07) is 0. The average Bonchev–Trinajstić information content (AvgIpc) is 2.57. The molecule has 71 valence electrons. The SMILES string of the molecule is PC1C=CC=CC1c1ncco1.[Ir]. The summed E-state index contributed by atoms with van der Waals surface area (Å²) < 4.78 is 5.23. The van der Waals surface area contributed by atoms with Crippen LogP contribution in [0.15, 0.2) is 41.2 Å². The molecule has 0 saturated carbocycles. The number of allylic oxidation sites excluding steroid dienone is 4. The molecule has 13 heavy (non-hydrogen) atoms. The second kappa shape index (κ2) is 4.85. The second-order valence-electron chi connectivity index (χ2n) is 2.74. The maximum atomic E-state index is 5.23. The molecule has 1 aromatic rings. The van der Waals surface area contributed by atoms with Gasteiger partial charge < -0.3 is 4.42 Å². The van der Waals surface area contributed by atoms with E-state index in [2.05, 4.69) is 26.4 Å². The van der Waals surface area contributed by atoms with Crippen LogP contribution in [-0.2, 0) is 20.1 Å². The monoisotopic (exact) mass is 372 g/mol. The molecule has 1 aliphatic rings. The molecule has 2 nitrogen and oxygen atoms in total. The van der Waals surface area contributed by atoms with E-state index >= 15 is 0 Å². The number of hydrogen-bond donors (Lipinski definition) is 0. The third kappa shape index (κ3) is 2.37. The fourth-order valence-electron chi connectivity index (χ4n) is 1.27. The minimum atomic E-state index is 0. The first-order valence-electron chi connectivity index (χ1n) is 3.88. The summed E-state index contributed by atoms with van der Waals surface area (Å²) in [6.45, 7) is 0. The van der Waals surface area contributed by atoms with Gasteiger partial charge in [-0.3, -0.25) is 0 Å². The molecule has 1 aliphatic carbocycles. The van der Waals surface area contributed by atoms with E-state index in [-0.39, 0.29) is 26.0 Å². The minimum Gasteiger partial charge on any atom is -0.448 e. The van der Waals surface area contributed by atoms with Crippen molar-refractivity contribution in [2.24, 2.45) is 0 Å². The number of nitrogens with zero attached hydrogens (tertiary/aromatic N) is 1. The Morgan fingerprint density at radius 2 is 2.08 bits per heavy atom. The van der Waals surface area contributed by atoms with Crippen LogP contribution in [0.3, 0.4) is 0 Å². The van der Waals surface area contributed by atoms with Crippen LogP contribution in [0.25, 0.3) is 0 Å². The molecule has 0 aromatic carbocycles. The Morgan fingerprint density at radius 1 is 1.31 bits per heavy atom. The maximum absolute atomic E-state index is 5.23. The van der Waals surface area contributed by atoms with Gasteiger partial charge in [-0.2, -0.15) is 0 Å². The van der Waals surface area contributed by atoms with Crippen molar-refractivity contribution in [3.63, 3.8) is 0 Å². The molecule has 0 aliphatic heterocycles. The van der Waals surface area contributed by atoms with Gasteiger partial charge in [0.2, 0.25) is 5.89 Å². The maximum Gasteiger partial charge on any atom is 0.201 e. The van der Waals surface area contributed by atoms with E-state index in [1.807, 2.05) is 12.2 Å². The molecule has 4 heteroatoms. The molecule has 0 bridgehead atoms.